The number of benzene rings is 2. The van der Waals surface area contributed by atoms with Gasteiger partial charge < -0.3 is 10.4 Å². The van der Waals surface area contributed by atoms with Crippen molar-refractivity contribution in [1.82, 2.24) is 4.90 Å². The number of carbonyl (C=O) groups excluding carboxylic acids is 3. The number of aromatic hydroxyl groups is 1. The van der Waals surface area contributed by atoms with Gasteiger partial charge in [0.15, 0.2) is 0 Å². The lowest BCUT2D eigenvalue weighted by Gasteiger charge is -2.13. The molecule has 1 heterocycles. The van der Waals surface area contributed by atoms with E-state index in [1.165, 1.54) is 24.3 Å². The lowest BCUT2D eigenvalue weighted by molar-refractivity contribution is -0.127. The Hall–Kier alpha value is -2.77. The van der Waals surface area contributed by atoms with Crippen LogP contribution < -0.4 is 5.32 Å². The summed E-state index contributed by atoms with van der Waals surface area (Å²) in [6, 6.07) is 9.85. The molecule has 0 radical (unpaired) electrons. The highest BCUT2D eigenvalue weighted by atomic mass is 35.5. The van der Waals surface area contributed by atoms with E-state index in [0.717, 1.165) is 16.0 Å². The van der Waals surface area contributed by atoms with Crippen LogP contribution >= 0.6 is 23.4 Å². The van der Waals surface area contributed by atoms with Crippen molar-refractivity contribution in [3.8, 4) is 5.75 Å². The van der Waals surface area contributed by atoms with Crippen LogP contribution in [0, 0.1) is 13.8 Å². The van der Waals surface area contributed by atoms with E-state index in [4.69, 9.17) is 11.6 Å². The standard InChI is InChI=1S/C20H17ClN2O4S/c1-11-3-5-15(7-12(11)2)22-18(25)10-23-19(26)17(28-20(23)27)9-13-8-14(21)4-6-16(13)24/h3-9,24H,10H2,1-2H3,(H,22,25). The van der Waals surface area contributed by atoms with Gasteiger partial charge in [0.05, 0.1) is 4.91 Å². The molecule has 28 heavy (non-hydrogen) atoms. The topological polar surface area (TPSA) is 86.7 Å². The Balaban J connectivity index is 1.72. The smallest absolute Gasteiger partial charge is 0.294 e. The first kappa shape index (κ1) is 20.0. The number of phenols is 1. The van der Waals surface area contributed by atoms with Gasteiger partial charge in [0.2, 0.25) is 5.91 Å². The van der Waals surface area contributed by atoms with Gasteiger partial charge in [-0.2, -0.15) is 0 Å². The molecule has 2 aromatic rings. The van der Waals surface area contributed by atoms with Crippen LogP contribution in [-0.2, 0) is 9.59 Å². The highest BCUT2D eigenvalue weighted by Crippen LogP contribution is 2.34. The van der Waals surface area contributed by atoms with Crippen molar-refractivity contribution < 1.29 is 19.5 Å². The first-order chi connectivity index (χ1) is 13.2. The lowest BCUT2D eigenvalue weighted by Crippen LogP contribution is -2.36. The van der Waals surface area contributed by atoms with Gasteiger partial charge in [-0.25, -0.2) is 0 Å². The van der Waals surface area contributed by atoms with Crippen molar-refractivity contribution in [2.24, 2.45) is 0 Å². The Bertz CT molecular complexity index is 1020. The number of amides is 3. The lowest BCUT2D eigenvalue weighted by atomic mass is 10.1. The largest absolute Gasteiger partial charge is 0.507 e. The number of phenolic OH excluding ortho intramolecular Hbond substituents is 1. The first-order valence-electron chi connectivity index (χ1n) is 8.35. The van der Waals surface area contributed by atoms with E-state index in [1.807, 2.05) is 26.0 Å². The molecular formula is C20H17ClN2O4S. The second-order valence-electron chi connectivity index (χ2n) is 6.32. The van der Waals surface area contributed by atoms with Crippen molar-refractivity contribution in [3.63, 3.8) is 0 Å². The van der Waals surface area contributed by atoms with Crippen molar-refractivity contribution in [2.75, 3.05) is 11.9 Å². The molecule has 0 spiro atoms. The quantitative estimate of drug-likeness (QED) is 0.724. The Morgan fingerprint density at radius 1 is 1.18 bits per heavy atom. The SMILES string of the molecule is Cc1ccc(NC(=O)CN2C(=O)SC(=Cc3cc(Cl)ccc3O)C2=O)cc1C. The Morgan fingerprint density at radius 2 is 1.93 bits per heavy atom. The molecule has 3 rings (SSSR count). The van der Waals surface area contributed by atoms with Crippen LogP contribution in [0.25, 0.3) is 6.08 Å². The molecule has 8 heteroatoms. The molecule has 6 nitrogen and oxygen atoms in total. The third-order valence-corrected chi connectivity index (χ3v) is 5.38. The van der Waals surface area contributed by atoms with Crippen molar-refractivity contribution in [3.05, 3.63) is 63.0 Å². The fourth-order valence-electron chi connectivity index (χ4n) is 2.58. The summed E-state index contributed by atoms with van der Waals surface area (Å²) in [6.07, 6.45) is 1.38. The molecule has 0 saturated carbocycles. The van der Waals surface area contributed by atoms with E-state index in [2.05, 4.69) is 5.32 Å². The number of nitrogens with zero attached hydrogens (tertiary/aromatic N) is 1. The molecular weight excluding hydrogens is 400 g/mol. The molecule has 1 aliphatic rings. The number of rotatable bonds is 4. The first-order valence-corrected chi connectivity index (χ1v) is 9.55. The number of hydrogen-bond acceptors (Lipinski definition) is 5. The van der Waals surface area contributed by atoms with E-state index in [0.29, 0.717) is 28.0 Å². The van der Waals surface area contributed by atoms with Crippen molar-refractivity contribution >= 4 is 52.2 Å². The summed E-state index contributed by atoms with van der Waals surface area (Å²) in [6.45, 7) is 3.50. The number of nitrogens with one attached hydrogen (secondary N) is 1. The minimum absolute atomic E-state index is 0.0660. The van der Waals surface area contributed by atoms with E-state index in [9.17, 15) is 19.5 Å². The summed E-state index contributed by atoms with van der Waals surface area (Å²) in [7, 11) is 0. The maximum Gasteiger partial charge on any atom is 0.294 e. The summed E-state index contributed by atoms with van der Waals surface area (Å²) in [5.41, 5.74) is 3.03. The Labute approximate surface area is 171 Å². The van der Waals surface area contributed by atoms with Gasteiger partial charge in [0.1, 0.15) is 12.3 Å². The maximum absolute atomic E-state index is 12.5. The summed E-state index contributed by atoms with van der Waals surface area (Å²) >= 11 is 6.61. The summed E-state index contributed by atoms with van der Waals surface area (Å²) in [5, 5.41) is 12.4. The highest BCUT2D eigenvalue weighted by molar-refractivity contribution is 8.18. The van der Waals surface area contributed by atoms with E-state index < -0.39 is 23.6 Å². The van der Waals surface area contributed by atoms with Crippen LogP contribution in [0.4, 0.5) is 10.5 Å². The third-order valence-electron chi connectivity index (χ3n) is 4.24. The minimum atomic E-state index is -0.593. The van der Waals surface area contributed by atoms with Gasteiger partial charge in [-0.15, -0.1) is 0 Å². The molecule has 3 amide bonds. The van der Waals surface area contributed by atoms with E-state index in [1.54, 1.807) is 6.07 Å². The van der Waals surface area contributed by atoms with Gasteiger partial charge in [0, 0.05) is 16.3 Å². The molecule has 0 bridgehead atoms. The molecule has 2 N–H and O–H groups in total. The van der Waals surface area contributed by atoms with Crippen LogP contribution in [0.15, 0.2) is 41.3 Å². The molecule has 1 aliphatic heterocycles. The van der Waals surface area contributed by atoms with E-state index in [-0.39, 0.29) is 10.7 Å². The Kier molecular flexibility index (Phi) is 5.76. The zero-order valence-electron chi connectivity index (χ0n) is 15.2. The number of anilines is 1. The monoisotopic (exact) mass is 416 g/mol. The van der Waals surface area contributed by atoms with Gasteiger partial charge in [-0.3, -0.25) is 19.3 Å². The van der Waals surface area contributed by atoms with Crippen LogP contribution in [0.5, 0.6) is 5.75 Å². The normalized spacial score (nSPS) is 15.4. The van der Waals surface area contributed by atoms with Crippen LogP contribution in [0.2, 0.25) is 5.02 Å². The number of aryl methyl sites for hydroxylation is 2. The van der Waals surface area contributed by atoms with Gasteiger partial charge in [-0.05, 0) is 73.1 Å². The molecule has 0 aliphatic carbocycles. The molecule has 0 aromatic heterocycles. The molecule has 144 valence electrons. The fourth-order valence-corrected chi connectivity index (χ4v) is 3.59. The summed E-state index contributed by atoms with van der Waals surface area (Å²) in [5.74, 6) is -1.13. The van der Waals surface area contributed by atoms with E-state index >= 15 is 0 Å². The molecule has 0 atom stereocenters. The van der Waals surface area contributed by atoms with Gasteiger partial charge in [0.25, 0.3) is 11.1 Å². The van der Waals surface area contributed by atoms with Crippen LogP contribution in [0.3, 0.4) is 0 Å². The van der Waals surface area contributed by atoms with Crippen molar-refractivity contribution in [2.45, 2.75) is 13.8 Å². The second-order valence-corrected chi connectivity index (χ2v) is 7.75. The third kappa shape index (κ3) is 4.37. The zero-order valence-corrected chi connectivity index (χ0v) is 16.7. The molecule has 2 aromatic carbocycles. The number of halogens is 1. The second kappa shape index (κ2) is 8.08. The predicted octanol–water partition coefficient (Wildman–Crippen LogP) is 4.34. The molecule has 1 fully saturated rings. The number of imide groups is 1. The van der Waals surface area contributed by atoms with Crippen molar-refractivity contribution in [1.29, 1.82) is 0 Å². The number of hydrogen-bond donors (Lipinski definition) is 2. The maximum atomic E-state index is 12.5. The van der Waals surface area contributed by atoms with Gasteiger partial charge in [-0.1, -0.05) is 17.7 Å². The molecule has 1 saturated heterocycles. The summed E-state index contributed by atoms with van der Waals surface area (Å²) in [4.78, 5) is 38.0. The predicted molar refractivity (Wildman–Crippen MR) is 110 cm³/mol. The zero-order chi connectivity index (χ0) is 20.4. The number of carbonyl (C=O) groups is 3. The van der Waals surface area contributed by atoms with Crippen LogP contribution in [0.1, 0.15) is 16.7 Å². The number of thioether (sulfide) groups is 1. The summed E-state index contributed by atoms with van der Waals surface area (Å²) < 4.78 is 0. The Morgan fingerprint density at radius 3 is 2.64 bits per heavy atom. The minimum Gasteiger partial charge on any atom is -0.507 e. The average molecular weight is 417 g/mol. The average Bonchev–Trinajstić information content (AvgIpc) is 2.89. The molecule has 0 unspecified atom stereocenters. The fraction of sp³-hybridized carbons (Fsp3) is 0.150. The highest BCUT2D eigenvalue weighted by Gasteiger charge is 2.36. The van der Waals surface area contributed by atoms with Gasteiger partial charge >= 0.3 is 0 Å². The van der Waals surface area contributed by atoms with Crippen LogP contribution in [-0.4, -0.2) is 33.6 Å².